The molecule has 3 rings (SSSR count). The maximum absolute atomic E-state index is 12.7. The van der Waals surface area contributed by atoms with Crippen LogP contribution in [-0.2, 0) is 4.79 Å². The van der Waals surface area contributed by atoms with Crippen LogP contribution in [0.4, 0.5) is 0 Å². The van der Waals surface area contributed by atoms with Gasteiger partial charge in [0, 0.05) is 25.4 Å². The van der Waals surface area contributed by atoms with Gasteiger partial charge in [-0.25, -0.2) is 0 Å². The summed E-state index contributed by atoms with van der Waals surface area (Å²) >= 11 is 9.25. The van der Waals surface area contributed by atoms with Crippen LogP contribution in [0.3, 0.4) is 0 Å². The van der Waals surface area contributed by atoms with Crippen molar-refractivity contribution in [3.8, 4) is 0 Å². The van der Waals surface area contributed by atoms with Gasteiger partial charge in [-0.1, -0.05) is 6.07 Å². The van der Waals surface area contributed by atoms with Crippen LogP contribution in [-0.4, -0.2) is 57.2 Å². The highest BCUT2D eigenvalue weighted by Gasteiger charge is 2.47. The Kier molecular flexibility index (Phi) is 4.71. The molecule has 7 heteroatoms. The number of likely N-dealkylation sites (tertiary alicyclic amines) is 1. The molecule has 0 radical (unpaired) electrons. The zero-order chi connectivity index (χ0) is 15.7. The van der Waals surface area contributed by atoms with Crippen molar-refractivity contribution in [2.24, 2.45) is 0 Å². The molecule has 3 heterocycles. The molecule has 0 aromatic carbocycles. The van der Waals surface area contributed by atoms with Gasteiger partial charge in [-0.2, -0.15) is 0 Å². The molecule has 0 saturated carbocycles. The lowest BCUT2D eigenvalue weighted by molar-refractivity contribution is -0.132. The van der Waals surface area contributed by atoms with E-state index in [1.807, 2.05) is 39.1 Å². The number of amides is 2. The second-order valence-corrected chi connectivity index (χ2v) is 8.73. The van der Waals surface area contributed by atoms with E-state index in [9.17, 15) is 9.59 Å². The van der Waals surface area contributed by atoms with E-state index in [0.29, 0.717) is 13.1 Å². The Bertz CT molecular complexity index is 554. The Labute approximate surface area is 143 Å². The lowest BCUT2D eigenvalue weighted by Crippen LogP contribution is -2.54. The highest BCUT2D eigenvalue weighted by molar-refractivity contribution is 8.00. The zero-order valence-electron chi connectivity index (χ0n) is 12.5. The quantitative estimate of drug-likeness (QED) is 0.763. The van der Waals surface area contributed by atoms with E-state index in [4.69, 9.17) is 11.6 Å². The summed E-state index contributed by atoms with van der Waals surface area (Å²) < 4.78 is 0. The molecule has 1 spiro atoms. The first kappa shape index (κ1) is 16.1. The van der Waals surface area contributed by atoms with Gasteiger partial charge in [-0.05, 0) is 31.2 Å². The van der Waals surface area contributed by atoms with Crippen molar-refractivity contribution in [1.29, 1.82) is 0 Å². The van der Waals surface area contributed by atoms with Crippen molar-refractivity contribution >= 4 is 46.5 Å². The van der Waals surface area contributed by atoms with Gasteiger partial charge in [0.1, 0.15) is 5.38 Å². The van der Waals surface area contributed by atoms with E-state index < -0.39 is 5.38 Å². The number of halogens is 1. The van der Waals surface area contributed by atoms with Crippen molar-refractivity contribution < 1.29 is 9.59 Å². The third-order valence-corrected chi connectivity index (χ3v) is 6.95. The summed E-state index contributed by atoms with van der Waals surface area (Å²) in [5.41, 5.74) is 0. The van der Waals surface area contributed by atoms with E-state index in [1.165, 1.54) is 11.3 Å². The third-order valence-electron chi connectivity index (χ3n) is 4.35. The predicted octanol–water partition coefficient (Wildman–Crippen LogP) is 2.88. The van der Waals surface area contributed by atoms with E-state index >= 15 is 0 Å². The molecular weight excluding hydrogens is 340 g/mol. The maximum Gasteiger partial charge on any atom is 0.265 e. The van der Waals surface area contributed by atoms with Gasteiger partial charge in [0.2, 0.25) is 5.91 Å². The first-order valence-electron chi connectivity index (χ1n) is 7.46. The Morgan fingerprint density at radius 2 is 2.05 bits per heavy atom. The molecular formula is C15H19ClN2O2S2. The van der Waals surface area contributed by atoms with Crippen LogP contribution in [0.1, 0.15) is 29.4 Å². The Morgan fingerprint density at radius 1 is 1.32 bits per heavy atom. The maximum atomic E-state index is 12.7. The SMILES string of the molecule is CC(Cl)C(=O)N1CCC2(CC1)SCCN2C(=O)c1cccs1. The highest BCUT2D eigenvalue weighted by Crippen LogP contribution is 2.44. The number of carbonyl (C=O) groups excluding carboxylic acids is 2. The number of piperidine rings is 1. The summed E-state index contributed by atoms with van der Waals surface area (Å²) in [4.78, 5) is 29.2. The van der Waals surface area contributed by atoms with Gasteiger partial charge in [-0.15, -0.1) is 34.7 Å². The molecule has 2 fully saturated rings. The fraction of sp³-hybridized carbons (Fsp3) is 0.600. The van der Waals surface area contributed by atoms with Crippen molar-refractivity contribution in [2.75, 3.05) is 25.4 Å². The number of thiophene rings is 1. The van der Waals surface area contributed by atoms with E-state index in [1.54, 1.807) is 6.92 Å². The van der Waals surface area contributed by atoms with Crippen LogP contribution >= 0.6 is 34.7 Å². The minimum atomic E-state index is -0.478. The average molecular weight is 359 g/mol. The molecule has 1 aromatic rings. The second kappa shape index (κ2) is 6.42. The van der Waals surface area contributed by atoms with Gasteiger partial charge in [0.05, 0.1) is 9.75 Å². The molecule has 22 heavy (non-hydrogen) atoms. The monoisotopic (exact) mass is 358 g/mol. The number of hydrogen-bond donors (Lipinski definition) is 0. The average Bonchev–Trinajstić information content (AvgIpc) is 3.17. The fourth-order valence-corrected chi connectivity index (χ4v) is 5.44. The summed E-state index contributed by atoms with van der Waals surface area (Å²) in [7, 11) is 0. The minimum Gasteiger partial charge on any atom is -0.341 e. The summed E-state index contributed by atoms with van der Waals surface area (Å²) in [6, 6.07) is 3.80. The number of alkyl halides is 1. The van der Waals surface area contributed by atoms with Crippen molar-refractivity contribution in [3.63, 3.8) is 0 Å². The molecule has 0 N–H and O–H groups in total. The molecule has 0 bridgehead atoms. The van der Waals surface area contributed by atoms with Gasteiger partial charge < -0.3 is 9.80 Å². The van der Waals surface area contributed by atoms with Gasteiger partial charge in [0.25, 0.3) is 5.91 Å². The molecule has 4 nitrogen and oxygen atoms in total. The van der Waals surface area contributed by atoms with E-state index in [0.717, 1.165) is 30.0 Å². The molecule has 2 saturated heterocycles. The largest absolute Gasteiger partial charge is 0.341 e. The molecule has 1 aromatic heterocycles. The third kappa shape index (κ3) is 2.88. The van der Waals surface area contributed by atoms with Gasteiger partial charge in [-0.3, -0.25) is 9.59 Å². The van der Waals surface area contributed by atoms with Crippen molar-refractivity contribution in [2.45, 2.75) is 30.0 Å². The summed E-state index contributed by atoms with van der Waals surface area (Å²) in [5, 5.41) is 1.46. The Hall–Kier alpha value is -0.720. The standard InChI is InChI=1S/C15H19ClN2O2S2/c1-11(16)13(19)17-6-4-15(5-7-17)18(8-10-22-15)14(20)12-3-2-9-21-12/h2-3,9,11H,4-8,10H2,1H3. The molecule has 1 atom stereocenters. The van der Waals surface area contributed by atoms with Crippen molar-refractivity contribution in [3.05, 3.63) is 22.4 Å². The second-order valence-electron chi connectivity index (χ2n) is 5.67. The topological polar surface area (TPSA) is 40.6 Å². The van der Waals surface area contributed by atoms with E-state index in [-0.39, 0.29) is 16.7 Å². The first-order chi connectivity index (χ1) is 10.5. The van der Waals surface area contributed by atoms with Crippen LogP contribution in [0.5, 0.6) is 0 Å². The lowest BCUT2D eigenvalue weighted by Gasteiger charge is -2.44. The van der Waals surface area contributed by atoms with Crippen LogP contribution in [0.25, 0.3) is 0 Å². The van der Waals surface area contributed by atoms with Gasteiger partial charge in [0.15, 0.2) is 0 Å². The summed E-state index contributed by atoms with van der Waals surface area (Å²) in [6.07, 6.45) is 1.65. The lowest BCUT2D eigenvalue weighted by atomic mass is 10.0. The molecule has 2 aliphatic rings. The van der Waals surface area contributed by atoms with Gasteiger partial charge >= 0.3 is 0 Å². The Balaban J connectivity index is 1.71. The molecule has 1 unspecified atom stereocenters. The zero-order valence-corrected chi connectivity index (χ0v) is 14.8. The fourth-order valence-electron chi connectivity index (χ4n) is 3.17. The summed E-state index contributed by atoms with van der Waals surface area (Å²) in [6.45, 7) is 3.86. The molecule has 0 aliphatic carbocycles. The number of hydrogen-bond acceptors (Lipinski definition) is 4. The van der Waals surface area contributed by atoms with Crippen LogP contribution in [0, 0.1) is 0 Å². The molecule has 2 aliphatic heterocycles. The number of rotatable bonds is 2. The van der Waals surface area contributed by atoms with Crippen LogP contribution < -0.4 is 0 Å². The first-order valence-corrected chi connectivity index (χ1v) is 9.76. The molecule has 2 amide bonds. The minimum absolute atomic E-state index is 0.00403. The smallest absolute Gasteiger partial charge is 0.265 e. The van der Waals surface area contributed by atoms with E-state index in [2.05, 4.69) is 0 Å². The number of thioether (sulfide) groups is 1. The highest BCUT2D eigenvalue weighted by atomic mass is 35.5. The van der Waals surface area contributed by atoms with Crippen LogP contribution in [0.2, 0.25) is 0 Å². The Morgan fingerprint density at radius 3 is 2.64 bits per heavy atom. The number of nitrogens with zero attached hydrogens (tertiary/aromatic N) is 2. The number of carbonyl (C=O) groups is 2. The van der Waals surface area contributed by atoms with Crippen LogP contribution in [0.15, 0.2) is 17.5 Å². The summed E-state index contributed by atoms with van der Waals surface area (Å²) in [5.74, 6) is 1.10. The normalized spacial score (nSPS) is 22.1. The molecule has 120 valence electrons. The predicted molar refractivity (Wildman–Crippen MR) is 91.7 cm³/mol. The van der Waals surface area contributed by atoms with Crippen molar-refractivity contribution in [1.82, 2.24) is 9.80 Å².